The molecule has 4 aliphatic rings. The molecule has 1 nitrogen and oxygen atoms in total. The minimum absolute atomic E-state index is 0.265. The molecule has 4 saturated carbocycles. The van der Waals surface area contributed by atoms with Crippen molar-refractivity contribution in [1.29, 1.82) is 0 Å². The van der Waals surface area contributed by atoms with Crippen molar-refractivity contribution < 1.29 is 4.79 Å². The summed E-state index contributed by atoms with van der Waals surface area (Å²) in [7, 11) is 0. The van der Waals surface area contributed by atoms with Gasteiger partial charge in [-0.1, -0.05) is 32.4 Å². The van der Waals surface area contributed by atoms with Gasteiger partial charge in [0.1, 0.15) is 5.78 Å². The number of fused-ring (bicyclic) bond motifs is 5. The maximum atomic E-state index is 12.0. The molecule has 6 atom stereocenters. The molecule has 0 aromatic heterocycles. The summed E-state index contributed by atoms with van der Waals surface area (Å²) in [5.41, 5.74) is 2.18. The molecular weight excluding hydrogens is 256 g/mol. The van der Waals surface area contributed by atoms with Crippen LogP contribution in [0.2, 0.25) is 0 Å². The Hall–Kier alpha value is -0.590. The summed E-state index contributed by atoms with van der Waals surface area (Å²) in [5.74, 6) is 3.73. The van der Waals surface area contributed by atoms with Crippen LogP contribution in [0.25, 0.3) is 0 Å². The van der Waals surface area contributed by atoms with E-state index < -0.39 is 0 Å². The van der Waals surface area contributed by atoms with Crippen molar-refractivity contribution in [2.24, 2.45) is 34.5 Å². The fraction of sp³-hybridized carbons (Fsp3) is 0.850. The third kappa shape index (κ3) is 1.79. The van der Waals surface area contributed by atoms with Crippen molar-refractivity contribution in [3.8, 4) is 0 Å². The second-order valence-corrected chi connectivity index (χ2v) is 9.04. The molecule has 0 heterocycles. The summed E-state index contributed by atoms with van der Waals surface area (Å²) in [6.45, 7) is 9.43. The molecule has 21 heavy (non-hydrogen) atoms. The van der Waals surface area contributed by atoms with E-state index in [1.165, 1.54) is 50.5 Å². The first-order valence-electron chi connectivity index (χ1n) is 9.15. The van der Waals surface area contributed by atoms with Crippen molar-refractivity contribution in [1.82, 2.24) is 0 Å². The lowest BCUT2D eigenvalue weighted by Gasteiger charge is -2.60. The van der Waals surface area contributed by atoms with Gasteiger partial charge in [-0.2, -0.15) is 0 Å². The minimum Gasteiger partial charge on any atom is -0.299 e. The molecule has 0 saturated heterocycles. The Bertz CT molecular complexity index is 492. The van der Waals surface area contributed by atoms with Gasteiger partial charge in [-0.25, -0.2) is 0 Å². The van der Waals surface area contributed by atoms with Crippen LogP contribution in [0.5, 0.6) is 0 Å². The number of hydrogen-bond donors (Lipinski definition) is 0. The molecule has 0 amide bonds. The van der Waals surface area contributed by atoms with Crippen molar-refractivity contribution in [2.45, 2.75) is 71.6 Å². The lowest BCUT2D eigenvalue weighted by molar-refractivity contribution is -0.129. The smallest absolute Gasteiger partial charge is 0.137 e. The van der Waals surface area contributed by atoms with Crippen LogP contribution in [-0.2, 0) is 4.79 Å². The number of rotatable bonds is 0. The largest absolute Gasteiger partial charge is 0.299 e. The zero-order chi connectivity index (χ0) is 14.8. The summed E-state index contributed by atoms with van der Waals surface area (Å²) in [4.78, 5) is 12.0. The fourth-order valence-electron chi connectivity index (χ4n) is 7.06. The van der Waals surface area contributed by atoms with Gasteiger partial charge in [-0.3, -0.25) is 4.79 Å². The molecule has 0 spiro atoms. The van der Waals surface area contributed by atoms with Crippen LogP contribution < -0.4 is 0 Å². The van der Waals surface area contributed by atoms with Gasteiger partial charge in [-0.15, -0.1) is 0 Å². The normalized spacial score (nSPS) is 53.0. The third-order valence-electron chi connectivity index (χ3n) is 8.33. The average Bonchev–Trinajstić information content (AvgIpc) is 2.82. The van der Waals surface area contributed by atoms with Crippen LogP contribution in [0.3, 0.4) is 0 Å². The van der Waals surface area contributed by atoms with Gasteiger partial charge in [0.05, 0.1) is 0 Å². The van der Waals surface area contributed by atoms with Crippen LogP contribution in [0, 0.1) is 34.5 Å². The van der Waals surface area contributed by atoms with Crippen molar-refractivity contribution >= 4 is 5.78 Å². The van der Waals surface area contributed by atoms with Crippen LogP contribution in [0.1, 0.15) is 71.6 Å². The number of carbonyl (C=O) groups is 1. The molecule has 4 aliphatic carbocycles. The second kappa shape index (κ2) is 4.46. The number of carbonyl (C=O) groups excluding carboxylic acids is 1. The monoisotopic (exact) mass is 286 g/mol. The highest BCUT2D eigenvalue weighted by Crippen LogP contribution is 2.66. The Morgan fingerprint density at radius 1 is 1.05 bits per heavy atom. The van der Waals surface area contributed by atoms with E-state index in [1.54, 1.807) is 0 Å². The highest BCUT2D eigenvalue weighted by atomic mass is 16.1. The van der Waals surface area contributed by atoms with Crippen LogP contribution >= 0.6 is 0 Å². The zero-order valence-electron chi connectivity index (χ0n) is 13.8. The molecule has 116 valence electrons. The molecule has 4 fully saturated rings. The van der Waals surface area contributed by atoms with E-state index in [9.17, 15) is 4.79 Å². The maximum absolute atomic E-state index is 12.0. The number of hydrogen-bond acceptors (Lipinski definition) is 1. The summed E-state index contributed by atoms with van der Waals surface area (Å²) >= 11 is 0. The molecular formula is C20H30O. The average molecular weight is 286 g/mol. The Balaban J connectivity index is 1.69. The lowest BCUT2D eigenvalue weighted by atomic mass is 9.44. The Morgan fingerprint density at radius 2 is 1.86 bits per heavy atom. The van der Waals surface area contributed by atoms with Gasteiger partial charge >= 0.3 is 0 Å². The lowest BCUT2D eigenvalue weighted by Crippen LogP contribution is -2.53. The molecule has 4 rings (SSSR count). The van der Waals surface area contributed by atoms with Crippen LogP contribution in [0.4, 0.5) is 0 Å². The first-order chi connectivity index (χ1) is 9.95. The number of ketones is 1. The highest BCUT2D eigenvalue weighted by molar-refractivity contribution is 5.83. The summed E-state index contributed by atoms with van der Waals surface area (Å²) in [6.07, 6.45) is 11.3. The Morgan fingerprint density at radius 3 is 2.67 bits per heavy atom. The SMILES string of the molecule is C=C1CC(=O)CC2CC[C@H]3[C@@H]4CCC[C@@]4(C)CC[C@@H]3[C@@]12C. The van der Waals surface area contributed by atoms with Crippen molar-refractivity contribution in [3.63, 3.8) is 0 Å². The third-order valence-corrected chi connectivity index (χ3v) is 8.33. The summed E-state index contributed by atoms with van der Waals surface area (Å²) < 4.78 is 0. The van der Waals surface area contributed by atoms with Gasteiger partial charge in [0.2, 0.25) is 0 Å². The van der Waals surface area contributed by atoms with E-state index in [0.29, 0.717) is 23.5 Å². The van der Waals surface area contributed by atoms with Gasteiger partial charge in [-0.05, 0) is 73.0 Å². The second-order valence-electron chi connectivity index (χ2n) is 9.04. The van der Waals surface area contributed by atoms with E-state index >= 15 is 0 Å². The first-order valence-corrected chi connectivity index (χ1v) is 9.15. The molecule has 0 radical (unpaired) electrons. The highest BCUT2D eigenvalue weighted by Gasteiger charge is 2.58. The van der Waals surface area contributed by atoms with Crippen molar-refractivity contribution in [3.05, 3.63) is 12.2 Å². The topological polar surface area (TPSA) is 17.1 Å². The van der Waals surface area contributed by atoms with Gasteiger partial charge < -0.3 is 0 Å². The zero-order valence-corrected chi connectivity index (χ0v) is 13.8. The molecule has 0 aromatic carbocycles. The van der Waals surface area contributed by atoms with Gasteiger partial charge in [0.25, 0.3) is 0 Å². The minimum atomic E-state index is 0.265. The van der Waals surface area contributed by atoms with E-state index in [0.717, 1.165) is 24.2 Å². The standard InChI is InChI=1S/C20H30O/c1-13-11-15(21)12-14-6-7-16-17-5-4-9-19(17,2)10-8-18(16)20(13,14)3/h14,16-18H,1,4-12H2,2-3H3/t14?,16-,17-,18-,19-,20-/m0/s1. The van der Waals surface area contributed by atoms with Gasteiger partial charge in [0, 0.05) is 12.8 Å². The molecule has 1 heteroatoms. The predicted octanol–water partition coefficient (Wildman–Crippen LogP) is 5.15. The molecule has 1 unspecified atom stereocenters. The number of allylic oxidation sites excluding steroid dienone is 1. The quantitative estimate of drug-likeness (QED) is 0.562. The van der Waals surface area contributed by atoms with Crippen LogP contribution in [-0.4, -0.2) is 5.78 Å². The Labute approximate surface area is 129 Å². The molecule has 0 aromatic rings. The Kier molecular flexibility index (Phi) is 2.98. The molecule has 0 N–H and O–H groups in total. The van der Waals surface area contributed by atoms with Crippen LogP contribution in [0.15, 0.2) is 12.2 Å². The van der Waals surface area contributed by atoms with E-state index in [-0.39, 0.29) is 5.41 Å². The molecule has 0 bridgehead atoms. The maximum Gasteiger partial charge on any atom is 0.137 e. The summed E-state index contributed by atoms with van der Waals surface area (Å²) in [5, 5.41) is 0. The predicted molar refractivity (Wildman–Crippen MR) is 85.9 cm³/mol. The summed E-state index contributed by atoms with van der Waals surface area (Å²) in [6, 6.07) is 0. The van der Waals surface area contributed by atoms with Gasteiger partial charge in [0.15, 0.2) is 0 Å². The molecule has 0 aliphatic heterocycles. The van der Waals surface area contributed by atoms with E-state index in [2.05, 4.69) is 20.4 Å². The van der Waals surface area contributed by atoms with E-state index in [4.69, 9.17) is 0 Å². The van der Waals surface area contributed by atoms with E-state index in [1.807, 2.05) is 0 Å². The number of Topliss-reactive ketones (excluding diaryl/α,β-unsaturated/α-hetero) is 1. The fourth-order valence-corrected chi connectivity index (χ4v) is 7.06. The van der Waals surface area contributed by atoms with Crippen molar-refractivity contribution in [2.75, 3.05) is 0 Å². The first kappa shape index (κ1) is 14.0.